The molecule has 19 heavy (non-hydrogen) atoms. The molecule has 1 fully saturated rings. The number of aryl methyl sites for hydroxylation is 1. The third-order valence-electron chi connectivity index (χ3n) is 4.13. The van der Waals surface area contributed by atoms with Crippen LogP contribution < -0.4 is 5.32 Å². The molecule has 1 saturated heterocycles. The summed E-state index contributed by atoms with van der Waals surface area (Å²) in [7, 11) is 1.92. The molecule has 0 spiro atoms. The number of benzene rings is 1. The second-order valence-electron chi connectivity index (χ2n) is 5.58. The first-order chi connectivity index (χ1) is 9.09. The highest BCUT2D eigenvalue weighted by atomic mass is 16.2. The minimum atomic E-state index is 0.134. The standard InChI is InChI=1S/C16H24N2O/c1-12-6-8-14(9-7-12)13(2)18(3)16(19)15-5-4-10-17-11-15/h6-9,13,15,17H,4-5,10-11H2,1-3H3/t13?,15-/m0/s1. The molecule has 1 amide bonds. The lowest BCUT2D eigenvalue weighted by atomic mass is 9.96. The Kier molecular flexibility index (Phi) is 4.59. The van der Waals surface area contributed by atoms with Gasteiger partial charge in [-0.2, -0.15) is 0 Å². The van der Waals surface area contributed by atoms with Gasteiger partial charge in [-0.1, -0.05) is 29.8 Å². The fourth-order valence-corrected chi connectivity index (χ4v) is 2.61. The van der Waals surface area contributed by atoms with Crippen molar-refractivity contribution in [3.05, 3.63) is 35.4 Å². The maximum absolute atomic E-state index is 12.5. The average Bonchev–Trinajstić information content (AvgIpc) is 2.46. The number of hydrogen-bond donors (Lipinski definition) is 1. The number of nitrogens with zero attached hydrogens (tertiary/aromatic N) is 1. The Morgan fingerprint density at radius 3 is 2.63 bits per heavy atom. The van der Waals surface area contributed by atoms with Gasteiger partial charge in [0, 0.05) is 13.6 Å². The van der Waals surface area contributed by atoms with Crippen molar-refractivity contribution in [2.75, 3.05) is 20.1 Å². The van der Waals surface area contributed by atoms with Crippen molar-refractivity contribution in [1.82, 2.24) is 10.2 Å². The maximum Gasteiger partial charge on any atom is 0.227 e. The van der Waals surface area contributed by atoms with Crippen molar-refractivity contribution >= 4 is 5.91 Å². The van der Waals surface area contributed by atoms with Crippen LogP contribution in [0.5, 0.6) is 0 Å². The van der Waals surface area contributed by atoms with Crippen molar-refractivity contribution < 1.29 is 4.79 Å². The molecule has 1 aliphatic heterocycles. The molecule has 2 atom stereocenters. The first-order valence-corrected chi connectivity index (χ1v) is 7.13. The molecule has 104 valence electrons. The second-order valence-corrected chi connectivity index (χ2v) is 5.58. The zero-order valence-corrected chi connectivity index (χ0v) is 12.1. The minimum absolute atomic E-state index is 0.134. The summed E-state index contributed by atoms with van der Waals surface area (Å²) in [5.74, 6) is 0.409. The highest BCUT2D eigenvalue weighted by molar-refractivity contribution is 5.79. The van der Waals surface area contributed by atoms with E-state index in [4.69, 9.17) is 0 Å². The molecule has 1 heterocycles. The number of amides is 1. The third-order valence-corrected chi connectivity index (χ3v) is 4.13. The second kappa shape index (κ2) is 6.20. The summed E-state index contributed by atoms with van der Waals surface area (Å²) >= 11 is 0. The largest absolute Gasteiger partial charge is 0.339 e. The van der Waals surface area contributed by atoms with Crippen LogP contribution in [0.25, 0.3) is 0 Å². The number of carbonyl (C=O) groups is 1. The fourth-order valence-electron chi connectivity index (χ4n) is 2.61. The SMILES string of the molecule is Cc1ccc(C(C)N(C)C(=O)[C@H]2CCCNC2)cc1. The highest BCUT2D eigenvalue weighted by Crippen LogP contribution is 2.22. The molecule has 0 bridgehead atoms. The van der Waals surface area contributed by atoms with Gasteiger partial charge in [0.05, 0.1) is 12.0 Å². The van der Waals surface area contributed by atoms with Crippen LogP contribution in [0, 0.1) is 12.8 Å². The molecule has 0 aliphatic carbocycles. The topological polar surface area (TPSA) is 32.3 Å². The van der Waals surface area contributed by atoms with E-state index in [9.17, 15) is 4.79 Å². The van der Waals surface area contributed by atoms with Gasteiger partial charge in [0.1, 0.15) is 0 Å². The molecule has 3 nitrogen and oxygen atoms in total. The van der Waals surface area contributed by atoms with Gasteiger partial charge in [0.2, 0.25) is 5.91 Å². The van der Waals surface area contributed by atoms with Crippen molar-refractivity contribution in [3.63, 3.8) is 0 Å². The third kappa shape index (κ3) is 3.35. The molecule has 0 radical (unpaired) electrons. The zero-order chi connectivity index (χ0) is 13.8. The molecule has 1 aromatic carbocycles. The lowest BCUT2D eigenvalue weighted by molar-refractivity contribution is -0.136. The summed E-state index contributed by atoms with van der Waals surface area (Å²) in [4.78, 5) is 14.4. The molecule has 0 aromatic heterocycles. The van der Waals surface area contributed by atoms with E-state index in [1.54, 1.807) is 0 Å². The van der Waals surface area contributed by atoms with Gasteiger partial charge in [-0.15, -0.1) is 0 Å². The molecule has 2 rings (SSSR count). The Bertz CT molecular complexity index is 421. The van der Waals surface area contributed by atoms with Crippen LogP contribution in [0.4, 0.5) is 0 Å². The molecule has 1 N–H and O–H groups in total. The van der Waals surface area contributed by atoms with Gasteiger partial charge in [0.15, 0.2) is 0 Å². The Morgan fingerprint density at radius 1 is 1.37 bits per heavy atom. The summed E-state index contributed by atoms with van der Waals surface area (Å²) in [6.45, 7) is 6.04. The Hall–Kier alpha value is -1.35. The van der Waals surface area contributed by atoms with Crippen LogP contribution in [0.2, 0.25) is 0 Å². The number of rotatable bonds is 3. The van der Waals surface area contributed by atoms with Crippen LogP contribution in [0.15, 0.2) is 24.3 Å². The smallest absolute Gasteiger partial charge is 0.227 e. The van der Waals surface area contributed by atoms with Crippen molar-refractivity contribution in [3.8, 4) is 0 Å². The van der Waals surface area contributed by atoms with E-state index in [0.717, 1.165) is 25.9 Å². The number of piperidine rings is 1. The van der Waals surface area contributed by atoms with Crippen molar-refractivity contribution in [1.29, 1.82) is 0 Å². The van der Waals surface area contributed by atoms with E-state index in [1.807, 2.05) is 11.9 Å². The monoisotopic (exact) mass is 260 g/mol. The minimum Gasteiger partial charge on any atom is -0.339 e. The van der Waals surface area contributed by atoms with E-state index < -0.39 is 0 Å². The van der Waals surface area contributed by atoms with Crippen LogP contribution in [0.1, 0.15) is 36.9 Å². The van der Waals surface area contributed by atoms with Crippen molar-refractivity contribution in [2.24, 2.45) is 5.92 Å². The zero-order valence-electron chi connectivity index (χ0n) is 12.1. The summed E-state index contributed by atoms with van der Waals surface area (Å²) in [6.07, 6.45) is 2.11. The molecule has 0 saturated carbocycles. The van der Waals surface area contributed by atoms with Crippen LogP contribution in [-0.2, 0) is 4.79 Å². The molecular weight excluding hydrogens is 236 g/mol. The van der Waals surface area contributed by atoms with E-state index in [2.05, 4.69) is 43.4 Å². The Morgan fingerprint density at radius 2 is 2.05 bits per heavy atom. The summed E-state index contributed by atoms with van der Waals surface area (Å²) in [5, 5.41) is 3.31. The van der Waals surface area contributed by atoms with Crippen molar-refractivity contribution in [2.45, 2.75) is 32.7 Å². The Balaban J connectivity index is 2.03. The van der Waals surface area contributed by atoms with E-state index in [1.165, 1.54) is 11.1 Å². The predicted molar refractivity (Wildman–Crippen MR) is 78.0 cm³/mol. The lowest BCUT2D eigenvalue weighted by Crippen LogP contribution is -2.42. The van der Waals surface area contributed by atoms with Gasteiger partial charge in [-0.05, 0) is 38.8 Å². The van der Waals surface area contributed by atoms with Gasteiger partial charge in [-0.3, -0.25) is 4.79 Å². The maximum atomic E-state index is 12.5. The van der Waals surface area contributed by atoms with Gasteiger partial charge < -0.3 is 10.2 Å². The molecule has 1 aliphatic rings. The quantitative estimate of drug-likeness (QED) is 0.905. The summed E-state index contributed by atoms with van der Waals surface area (Å²) in [5.41, 5.74) is 2.45. The highest BCUT2D eigenvalue weighted by Gasteiger charge is 2.26. The number of nitrogens with one attached hydrogen (secondary N) is 1. The first kappa shape index (κ1) is 14.1. The first-order valence-electron chi connectivity index (χ1n) is 7.13. The Labute approximate surface area is 116 Å². The van der Waals surface area contributed by atoms with Gasteiger partial charge in [-0.25, -0.2) is 0 Å². The van der Waals surface area contributed by atoms with E-state index >= 15 is 0 Å². The van der Waals surface area contributed by atoms with E-state index in [0.29, 0.717) is 0 Å². The lowest BCUT2D eigenvalue weighted by Gasteiger charge is -2.31. The van der Waals surface area contributed by atoms with E-state index in [-0.39, 0.29) is 17.9 Å². The van der Waals surface area contributed by atoms with Crippen LogP contribution >= 0.6 is 0 Å². The molecular formula is C16H24N2O. The predicted octanol–water partition coefficient (Wildman–Crippen LogP) is 2.51. The summed E-state index contributed by atoms with van der Waals surface area (Å²) < 4.78 is 0. The number of hydrogen-bond acceptors (Lipinski definition) is 2. The fraction of sp³-hybridized carbons (Fsp3) is 0.562. The summed E-state index contributed by atoms with van der Waals surface area (Å²) in [6, 6.07) is 8.57. The normalized spacial score (nSPS) is 20.9. The molecule has 1 unspecified atom stereocenters. The molecule has 1 aromatic rings. The van der Waals surface area contributed by atoms with Crippen LogP contribution in [-0.4, -0.2) is 30.9 Å². The van der Waals surface area contributed by atoms with Crippen LogP contribution in [0.3, 0.4) is 0 Å². The molecule has 3 heteroatoms. The van der Waals surface area contributed by atoms with Gasteiger partial charge in [0.25, 0.3) is 0 Å². The number of carbonyl (C=O) groups excluding carboxylic acids is 1. The van der Waals surface area contributed by atoms with Gasteiger partial charge >= 0.3 is 0 Å². The average molecular weight is 260 g/mol.